The molecule has 2 unspecified atom stereocenters. The van der Waals surface area contributed by atoms with E-state index < -0.39 is 0 Å². The molecule has 0 spiro atoms. The predicted molar refractivity (Wildman–Crippen MR) is 255 cm³/mol. The van der Waals surface area contributed by atoms with Crippen molar-refractivity contribution in [2.24, 2.45) is 0 Å². The van der Waals surface area contributed by atoms with Crippen LogP contribution in [0, 0.1) is 0 Å². The van der Waals surface area contributed by atoms with Gasteiger partial charge in [-0.05, 0) is 88.5 Å². The van der Waals surface area contributed by atoms with Crippen molar-refractivity contribution in [1.29, 1.82) is 0 Å². The number of fused-ring (bicyclic) bond motifs is 9. The molecular formula is C57H36N4O2. The molecule has 13 rings (SSSR count). The molecule has 11 aromatic rings. The molecule has 8 aromatic carbocycles. The molecule has 6 nitrogen and oxygen atoms in total. The van der Waals surface area contributed by atoms with Gasteiger partial charge < -0.3 is 13.7 Å². The topological polar surface area (TPSA) is 68.2 Å². The first kappa shape index (κ1) is 35.4. The van der Waals surface area contributed by atoms with Gasteiger partial charge in [-0.1, -0.05) is 146 Å². The van der Waals surface area contributed by atoms with Crippen LogP contribution in [0.1, 0.15) is 11.5 Å². The Morgan fingerprint density at radius 1 is 0.397 bits per heavy atom. The van der Waals surface area contributed by atoms with E-state index in [-0.39, 0.29) is 12.0 Å². The second-order valence-corrected chi connectivity index (χ2v) is 16.3. The molecule has 296 valence electrons. The van der Waals surface area contributed by atoms with Gasteiger partial charge in [0, 0.05) is 55.5 Å². The van der Waals surface area contributed by atoms with Crippen LogP contribution >= 0.6 is 0 Å². The molecule has 2 aliphatic rings. The monoisotopic (exact) mass is 808 g/mol. The molecule has 63 heavy (non-hydrogen) atoms. The highest BCUT2D eigenvalue weighted by Gasteiger charge is 2.39. The third-order valence-corrected chi connectivity index (χ3v) is 12.7. The van der Waals surface area contributed by atoms with Crippen LogP contribution in [0.4, 0.5) is 11.4 Å². The number of rotatable bonds is 6. The third-order valence-electron chi connectivity index (χ3n) is 12.7. The second kappa shape index (κ2) is 14.1. The number of para-hydroxylation sites is 2. The fraction of sp³-hybridized carbons (Fsp3) is 0.0351. The predicted octanol–water partition coefficient (Wildman–Crippen LogP) is 14.7. The van der Waals surface area contributed by atoms with Gasteiger partial charge in [0.2, 0.25) is 0 Å². The van der Waals surface area contributed by atoms with Crippen molar-refractivity contribution in [2.75, 3.05) is 4.90 Å². The van der Waals surface area contributed by atoms with Gasteiger partial charge >= 0.3 is 0 Å². The van der Waals surface area contributed by atoms with Gasteiger partial charge in [0.25, 0.3) is 0 Å². The van der Waals surface area contributed by atoms with Crippen molar-refractivity contribution in [2.45, 2.75) is 12.0 Å². The summed E-state index contributed by atoms with van der Waals surface area (Å²) in [5.74, 6) is 1.91. The highest BCUT2D eigenvalue weighted by Crippen LogP contribution is 2.52. The lowest BCUT2D eigenvalue weighted by Gasteiger charge is -2.28. The Morgan fingerprint density at radius 3 is 1.83 bits per heavy atom. The van der Waals surface area contributed by atoms with Crippen LogP contribution in [0.2, 0.25) is 0 Å². The van der Waals surface area contributed by atoms with Crippen molar-refractivity contribution in [1.82, 2.24) is 15.0 Å². The summed E-state index contributed by atoms with van der Waals surface area (Å²) in [7, 11) is 0. The molecule has 0 amide bonds. The summed E-state index contributed by atoms with van der Waals surface area (Å²) in [5.41, 5.74) is 14.2. The highest BCUT2D eigenvalue weighted by atomic mass is 16.3. The number of benzene rings is 8. The number of allylic oxidation sites excluding steroid dienone is 2. The van der Waals surface area contributed by atoms with Crippen molar-refractivity contribution in [3.8, 4) is 56.4 Å². The van der Waals surface area contributed by atoms with Crippen LogP contribution in [0.15, 0.2) is 215 Å². The standard InChI is InChI=1S/C57H36N4O2/c1-3-13-35(14-4-1)36-25-27-37(28-26-36)55-58-56(60-57(59-55)39-29-31-42-41-17-8-10-23-49(41)63-52(42)34-39)38-30-32-50-46(33-38)54-44(20-12-24-51(54)62-50)43-19-11-22-48-53(43)45-18-7-9-21-47(45)61(48)40-15-5-2-6-16-40/h1-34,45,47H. The lowest BCUT2D eigenvalue weighted by molar-refractivity contribution is 0.668. The maximum absolute atomic E-state index is 6.62. The SMILES string of the molecule is C1=CC2c3c(-c4cccc5oc6ccc(-c7nc(-c8ccc(-c9ccccc9)cc8)nc(-c8ccc9c(c8)oc8ccccc89)n7)cc6c45)cccc3N(c3ccccc3)C2C=C1. The van der Waals surface area contributed by atoms with Gasteiger partial charge in [-0.2, -0.15) is 0 Å². The van der Waals surface area contributed by atoms with E-state index in [1.165, 1.54) is 22.5 Å². The van der Waals surface area contributed by atoms with Gasteiger partial charge in [0.15, 0.2) is 17.5 Å². The zero-order valence-electron chi connectivity index (χ0n) is 33.9. The molecule has 4 heterocycles. The molecule has 1 aliphatic heterocycles. The highest BCUT2D eigenvalue weighted by molar-refractivity contribution is 6.14. The minimum Gasteiger partial charge on any atom is -0.456 e. The first-order chi connectivity index (χ1) is 31.2. The van der Waals surface area contributed by atoms with Gasteiger partial charge in [0.05, 0.1) is 6.04 Å². The van der Waals surface area contributed by atoms with Crippen LogP contribution in [-0.2, 0) is 0 Å². The molecule has 0 radical (unpaired) electrons. The summed E-state index contributed by atoms with van der Waals surface area (Å²) in [6.45, 7) is 0. The Kier molecular flexibility index (Phi) is 7.93. The van der Waals surface area contributed by atoms with E-state index in [2.05, 4.69) is 175 Å². The minimum atomic E-state index is 0.176. The van der Waals surface area contributed by atoms with Gasteiger partial charge in [-0.15, -0.1) is 0 Å². The van der Waals surface area contributed by atoms with Crippen molar-refractivity contribution >= 4 is 55.3 Å². The van der Waals surface area contributed by atoms with Crippen molar-refractivity contribution in [3.05, 3.63) is 212 Å². The van der Waals surface area contributed by atoms with Crippen LogP contribution in [0.25, 0.3) is 100 Å². The van der Waals surface area contributed by atoms with E-state index in [0.717, 1.165) is 77.3 Å². The van der Waals surface area contributed by atoms with E-state index in [1.807, 2.05) is 36.4 Å². The first-order valence-electron chi connectivity index (χ1n) is 21.3. The van der Waals surface area contributed by atoms with Gasteiger partial charge in [-0.25, -0.2) is 15.0 Å². The lowest BCUT2D eigenvalue weighted by Crippen LogP contribution is -2.28. The molecule has 1 aliphatic carbocycles. The Morgan fingerprint density at radius 2 is 0.984 bits per heavy atom. The maximum atomic E-state index is 6.62. The molecule has 6 heteroatoms. The molecule has 0 saturated heterocycles. The Bertz CT molecular complexity index is 3640. The number of anilines is 2. The lowest BCUT2D eigenvalue weighted by atomic mass is 9.85. The zero-order chi connectivity index (χ0) is 41.4. The largest absolute Gasteiger partial charge is 0.456 e. The Balaban J connectivity index is 0.976. The number of hydrogen-bond donors (Lipinski definition) is 0. The number of aromatic nitrogens is 3. The summed E-state index contributed by atoms with van der Waals surface area (Å²) < 4.78 is 12.9. The van der Waals surface area contributed by atoms with E-state index >= 15 is 0 Å². The van der Waals surface area contributed by atoms with E-state index in [0.29, 0.717) is 17.5 Å². The molecule has 0 N–H and O–H groups in total. The summed E-state index contributed by atoms with van der Waals surface area (Å²) in [6, 6.07) is 63.4. The average molecular weight is 809 g/mol. The Hall–Kier alpha value is -8.35. The molecule has 0 saturated carbocycles. The number of furan rings is 2. The normalized spacial score (nSPS) is 15.5. The van der Waals surface area contributed by atoms with E-state index in [1.54, 1.807) is 0 Å². The third kappa shape index (κ3) is 5.76. The van der Waals surface area contributed by atoms with Crippen LogP contribution < -0.4 is 4.90 Å². The minimum absolute atomic E-state index is 0.176. The molecule has 2 atom stereocenters. The molecular weight excluding hydrogens is 773 g/mol. The molecule has 0 fully saturated rings. The fourth-order valence-corrected chi connectivity index (χ4v) is 9.78. The average Bonchev–Trinajstić information content (AvgIpc) is 4.03. The quantitative estimate of drug-likeness (QED) is 0.167. The van der Waals surface area contributed by atoms with Crippen LogP contribution in [0.5, 0.6) is 0 Å². The molecule has 0 bridgehead atoms. The molecule has 3 aromatic heterocycles. The summed E-state index contributed by atoms with van der Waals surface area (Å²) >= 11 is 0. The number of nitrogens with zero attached hydrogens (tertiary/aromatic N) is 4. The van der Waals surface area contributed by atoms with Crippen molar-refractivity contribution in [3.63, 3.8) is 0 Å². The van der Waals surface area contributed by atoms with Gasteiger partial charge in [-0.3, -0.25) is 0 Å². The number of hydrogen-bond acceptors (Lipinski definition) is 6. The summed E-state index contributed by atoms with van der Waals surface area (Å²) in [4.78, 5) is 18.0. The second-order valence-electron chi connectivity index (χ2n) is 16.3. The maximum Gasteiger partial charge on any atom is 0.164 e. The summed E-state index contributed by atoms with van der Waals surface area (Å²) in [6.07, 6.45) is 9.02. The van der Waals surface area contributed by atoms with Crippen LogP contribution in [-0.4, -0.2) is 21.0 Å². The van der Waals surface area contributed by atoms with Gasteiger partial charge in [0.1, 0.15) is 22.3 Å². The summed E-state index contributed by atoms with van der Waals surface area (Å²) in [5, 5.41) is 4.20. The fourth-order valence-electron chi connectivity index (χ4n) is 9.78. The van der Waals surface area contributed by atoms with E-state index in [4.69, 9.17) is 23.8 Å². The van der Waals surface area contributed by atoms with E-state index in [9.17, 15) is 0 Å². The Labute approximate surface area is 362 Å². The first-order valence-corrected chi connectivity index (χ1v) is 21.3. The van der Waals surface area contributed by atoms with Crippen LogP contribution in [0.3, 0.4) is 0 Å². The zero-order valence-corrected chi connectivity index (χ0v) is 33.9. The van der Waals surface area contributed by atoms with Crippen molar-refractivity contribution < 1.29 is 8.83 Å². The smallest absolute Gasteiger partial charge is 0.164 e.